The molecule has 2 aromatic carbocycles. The van der Waals surface area contributed by atoms with Crippen LogP contribution in [0.5, 0.6) is 5.75 Å². The number of nitrogens with zero attached hydrogens (tertiary/aromatic N) is 6. The molecule has 0 aliphatic rings. The average Bonchev–Trinajstić information content (AvgIpc) is 3.12. The average molecular weight is 391 g/mol. The molecule has 0 saturated carbocycles. The second-order valence-electron chi connectivity index (χ2n) is 5.69. The minimum absolute atomic E-state index is 0.0357. The summed E-state index contributed by atoms with van der Waals surface area (Å²) in [6, 6.07) is 10.5. The number of fused-ring (bicyclic) bond motifs is 1. The van der Waals surface area contributed by atoms with E-state index in [1.807, 2.05) is 18.2 Å². The lowest BCUT2D eigenvalue weighted by Gasteiger charge is -2.10. The lowest BCUT2D eigenvalue weighted by molar-refractivity contribution is 0.102. The smallest absolute Gasteiger partial charge is 0.261 e. The Morgan fingerprint density at radius 1 is 1.14 bits per heavy atom. The highest BCUT2D eigenvalue weighted by Crippen LogP contribution is 2.39. The molecule has 0 unspecified atom stereocenters. The Bertz CT molecular complexity index is 1190. The predicted molar refractivity (Wildman–Crippen MR) is 104 cm³/mol. The van der Waals surface area contributed by atoms with Gasteiger partial charge < -0.3 is 5.11 Å². The van der Waals surface area contributed by atoms with Crippen LogP contribution in [-0.4, -0.2) is 30.3 Å². The van der Waals surface area contributed by atoms with E-state index in [1.165, 1.54) is 12.4 Å². The summed E-state index contributed by atoms with van der Waals surface area (Å²) in [5.74, 6) is -0.133. The zero-order valence-corrected chi connectivity index (χ0v) is 15.4. The first-order chi connectivity index (χ1) is 13.6. The second kappa shape index (κ2) is 7.45. The van der Waals surface area contributed by atoms with Crippen LogP contribution in [0.25, 0.3) is 10.8 Å². The van der Waals surface area contributed by atoms with Gasteiger partial charge in [0.2, 0.25) is 11.1 Å². The van der Waals surface area contributed by atoms with Gasteiger partial charge in [0.1, 0.15) is 11.5 Å². The molecule has 0 aliphatic heterocycles. The van der Waals surface area contributed by atoms with Crippen LogP contribution < -0.4 is 5.32 Å². The second-order valence-corrected chi connectivity index (χ2v) is 6.42. The number of carbonyl (C=O) groups excluding carboxylic acids is 1. The maximum Gasteiger partial charge on any atom is 0.261 e. The van der Waals surface area contributed by atoms with Gasteiger partial charge in [0, 0.05) is 29.3 Å². The summed E-state index contributed by atoms with van der Waals surface area (Å²) in [5.41, 5.74) is 0.207. The molecule has 9 nitrogen and oxygen atoms in total. The van der Waals surface area contributed by atoms with Gasteiger partial charge in [-0.05, 0) is 24.4 Å². The Kier molecular flexibility index (Phi) is 4.68. The van der Waals surface area contributed by atoms with Crippen LogP contribution in [0.15, 0.2) is 59.0 Å². The number of benzene rings is 2. The molecule has 0 aliphatic carbocycles. The summed E-state index contributed by atoms with van der Waals surface area (Å²) in [5, 5.41) is 23.2. The molecule has 0 fully saturated rings. The largest absolute Gasteiger partial charge is 0.505 e. The number of phenols is 1. The van der Waals surface area contributed by atoms with E-state index in [9.17, 15) is 9.90 Å². The zero-order valence-electron chi connectivity index (χ0n) is 14.6. The van der Waals surface area contributed by atoms with Crippen molar-refractivity contribution in [3.05, 3.63) is 60.2 Å². The number of nitrogens with one attached hydrogen (secondary N) is 1. The molecule has 4 rings (SSSR count). The summed E-state index contributed by atoms with van der Waals surface area (Å²) in [6.07, 6.45) is 3.01. The van der Waals surface area contributed by atoms with Crippen molar-refractivity contribution >= 4 is 45.0 Å². The van der Waals surface area contributed by atoms with Crippen LogP contribution in [0.3, 0.4) is 0 Å². The van der Waals surface area contributed by atoms with Crippen molar-refractivity contribution < 1.29 is 9.90 Å². The predicted octanol–water partition coefficient (Wildman–Crippen LogP) is 4.16. The number of carbonyl (C=O) groups is 1. The van der Waals surface area contributed by atoms with E-state index in [0.717, 1.165) is 16.9 Å². The molecular weight excluding hydrogens is 378 g/mol. The van der Waals surface area contributed by atoms with Gasteiger partial charge in [-0.25, -0.2) is 15.0 Å². The van der Waals surface area contributed by atoms with E-state index in [2.05, 4.69) is 34.9 Å². The van der Waals surface area contributed by atoms with Gasteiger partial charge in [-0.15, -0.1) is 10.2 Å². The fourth-order valence-corrected chi connectivity index (χ4v) is 3.05. The topological polar surface area (TPSA) is 126 Å². The quantitative estimate of drug-likeness (QED) is 0.503. The Labute approximate surface area is 163 Å². The van der Waals surface area contributed by atoms with Gasteiger partial charge in [0.15, 0.2) is 5.75 Å². The van der Waals surface area contributed by atoms with Crippen molar-refractivity contribution in [2.45, 2.75) is 6.92 Å². The van der Waals surface area contributed by atoms with Crippen LogP contribution >= 0.6 is 11.5 Å². The Hall–Kier alpha value is -3.79. The van der Waals surface area contributed by atoms with E-state index in [0.29, 0.717) is 16.3 Å². The first-order valence-corrected chi connectivity index (χ1v) is 8.94. The number of phenolic OH excluding ortho intramolecular Hbond substituents is 1. The summed E-state index contributed by atoms with van der Waals surface area (Å²) >= 11 is 1.09. The van der Waals surface area contributed by atoms with Gasteiger partial charge in [-0.3, -0.25) is 10.1 Å². The number of aryl methyl sites for hydroxylation is 1. The van der Waals surface area contributed by atoms with Crippen LogP contribution in [0.1, 0.15) is 16.2 Å². The summed E-state index contributed by atoms with van der Waals surface area (Å²) in [4.78, 5) is 24.7. The van der Waals surface area contributed by atoms with E-state index in [1.54, 1.807) is 25.1 Å². The van der Waals surface area contributed by atoms with Gasteiger partial charge in [0.05, 0.1) is 5.56 Å². The molecule has 28 heavy (non-hydrogen) atoms. The molecule has 0 atom stereocenters. The molecule has 138 valence electrons. The normalized spacial score (nSPS) is 11.2. The fourth-order valence-electron chi connectivity index (χ4n) is 2.54. The first kappa shape index (κ1) is 17.6. The number of aromatic nitrogens is 4. The number of azo groups is 1. The summed E-state index contributed by atoms with van der Waals surface area (Å²) < 4.78 is 4.04. The molecule has 4 aromatic rings. The number of rotatable bonds is 4. The fraction of sp³-hybridized carbons (Fsp3) is 0.0556. The third-order valence-electron chi connectivity index (χ3n) is 3.78. The standard InChI is InChI=1S/C18H13N7O2S/c1-10-21-18(28-25-10)24-23-14-12-6-3-2-5-11(12)9-13(15(14)26)16(27)22-17-19-7-4-8-20-17/h2-9,26H,1H3,(H,19,20,22,27)/b24-23+. The zero-order chi connectivity index (χ0) is 19.5. The van der Waals surface area contributed by atoms with Gasteiger partial charge in [-0.1, -0.05) is 24.3 Å². The first-order valence-electron chi connectivity index (χ1n) is 8.17. The van der Waals surface area contributed by atoms with Crippen molar-refractivity contribution in [3.63, 3.8) is 0 Å². The summed E-state index contributed by atoms with van der Waals surface area (Å²) in [7, 11) is 0. The Morgan fingerprint density at radius 3 is 2.68 bits per heavy atom. The molecule has 0 saturated heterocycles. The Morgan fingerprint density at radius 2 is 1.93 bits per heavy atom. The Balaban J connectivity index is 1.78. The molecule has 2 heterocycles. The monoisotopic (exact) mass is 391 g/mol. The SMILES string of the molecule is Cc1nsc(/N=N/c2c(O)c(C(=O)Nc3ncccn3)cc3ccccc23)n1. The van der Waals surface area contributed by atoms with Crippen molar-refractivity contribution in [3.8, 4) is 5.75 Å². The van der Waals surface area contributed by atoms with Crippen LogP contribution in [0.4, 0.5) is 16.8 Å². The highest BCUT2D eigenvalue weighted by Gasteiger charge is 2.19. The van der Waals surface area contributed by atoms with Crippen molar-refractivity contribution in [1.82, 2.24) is 19.3 Å². The number of anilines is 1. The molecule has 1 amide bonds. The van der Waals surface area contributed by atoms with E-state index < -0.39 is 5.91 Å². The molecule has 0 radical (unpaired) electrons. The lowest BCUT2D eigenvalue weighted by Crippen LogP contribution is -2.14. The molecular formula is C18H13N7O2S. The van der Waals surface area contributed by atoms with Gasteiger partial charge in [-0.2, -0.15) is 4.37 Å². The minimum atomic E-state index is -0.558. The van der Waals surface area contributed by atoms with E-state index in [4.69, 9.17) is 0 Å². The molecule has 0 bridgehead atoms. The highest BCUT2D eigenvalue weighted by molar-refractivity contribution is 7.09. The van der Waals surface area contributed by atoms with E-state index in [-0.39, 0.29) is 22.9 Å². The lowest BCUT2D eigenvalue weighted by atomic mass is 10.0. The maximum atomic E-state index is 12.7. The number of aromatic hydroxyl groups is 1. The number of hydrogen-bond acceptors (Lipinski definition) is 9. The van der Waals surface area contributed by atoms with Crippen molar-refractivity contribution in [2.75, 3.05) is 5.32 Å². The van der Waals surface area contributed by atoms with Crippen LogP contribution in [-0.2, 0) is 0 Å². The third-order valence-corrected chi connectivity index (χ3v) is 4.48. The van der Waals surface area contributed by atoms with Crippen LogP contribution in [0, 0.1) is 6.92 Å². The molecule has 2 N–H and O–H groups in total. The molecule has 2 aromatic heterocycles. The third kappa shape index (κ3) is 3.53. The minimum Gasteiger partial charge on any atom is -0.505 e. The van der Waals surface area contributed by atoms with Crippen molar-refractivity contribution in [1.29, 1.82) is 0 Å². The molecule has 0 spiro atoms. The van der Waals surface area contributed by atoms with Crippen LogP contribution in [0.2, 0.25) is 0 Å². The summed E-state index contributed by atoms with van der Waals surface area (Å²) in [6.45, 7) is 1.75. The molecule has 10 heteroatoms. The van der Waals surface area contributed by atoms with Gasteiger partial charge >= 0.3 is 0 Å². The number of amides is 1. The van der Waals surface area contributed by atoms with Gasteiger partial charge in [0.25, 0.3) is 5.91 Å². The van der Waals surface area contributed by atoms with E-state index >= 15 is 0 Å². The highest BCUT2D eigenvalue weighted by atomic mass is 32.1. The number of hydrogen-bond donors (Lipinski definition) is 2. The maximum absolute atomic E-state index is 12.7. The van der Waals surface area contributed by atoms with Crippen molar-refractivity contribution in [2.24, 2.45) is 10.2 Å².